The van der Waals surface area contributed by atoms with Crippen LogP contribution in [0.2, 0.25) is 0 Å². The Balaban J connectivity index is 2.13. The first-order chi connectivity index (χ1) is 16.5. The number of hydrogen-bond acceptors (Lipinski definition) is 4. The molecule has 2 aromatic rings. The van der Waals surface area contributed by atoms with E-state index < -0.39 is 21.9 Å². The van der Waals surface area contributed by atoms with Gasteiger partial charge in [0.1, 0.15) is 11.9 Å². The maximum absolute atomic E-state index is 13.3. The van der Waals surface area contributed by atoms with Crippen LogP contribution in [0.3, 0.4) is 0 Å². The first-order valence-corrected chi connectivity index (χ1v) is 14.2. The minimum absolute atomic E-state index is 0.0494. The van der Waals surface area contributed by atoms with E-state index in [4.69, 9.17) is 0 Å². The summed E-state index contributed by atoms with van der Waals surface area (Å²) in [4.78, 5) is 27.5. The fourth-order valence-corrected chi connectivity index (χ4v) is 4.97. The van der Waals surface area contributed by atoms with Gasteiger partial charge in [-0.3, -0.25) is 13.9 Å². The second kappa shape index (κ2) is 13.6. The summed E-state index contributed by atoms with van der Waals surface area (Å²) in [7, 11) is -3.63. The van der Waals surface area contributed by atoms with Crippen molar-refractivity contribution in [2.45, 2.75) is 52.1 Å². The fourth-order valence-electron chi connectivity index (χ4n) is 3.56. The highest BCUT2D eigenvalue weighted by Crippen LogP contribution is 2.20. The molecular weight excluding hydrogens is 537 g/mol. The van der Waals surface area contributed by atoms with E-state index in [0.29, 0.717) is 12.2 Å². The first kappa shape index (κ1) is 28.8. The number of amides is 2. The minimum atomic E-state index is -3.63. The van der Waals surface area contributed by atoms with Gasteiger partial charge < -0.3 is 10.2 Å². The summed E-state index contributed by atoms with van der Waals surface area (Å²) >= 11 is 3.43. The lowest BCUT2D eigenvalue weighted by molar-refractivity contribution is -0.140. The van der Waals surface area contributed by atoms with Crippen LogP contribution in [0.5, 0.6) is 0 Å². The number of anilines is 1. The molecule has 192 valence electrons. The first-order valence-electron chi connectivity index (χ1n) is 11.6. The smallest absolute Gasteiger partial charge is 0.242 e. The third-order valence-electron chi connectivity index (χ3n) is 5.51. The molecule has 10 heteroatoms. The molecule has 0 aliphatic carbocycles. The molecule has 35 heavy (non-hydrogen) atoms. The molecule has 2 amide bonds. The summed E-state index contributed by atoms with van der Waals surface area (Å²) in [5.41, 5.74) is 1.20. The zero-order chi connectivity index (χ0) is 26.0. The Morgan fingerprint density at radius 2 is 1.80 bits per heavy atom. The van der Waals surface area contributed by atoms with Crippen LogP contribution in [0.25, 0.3) is 0 Å². The van der Waals surface area contributed by atoms with Crippen molar-refractivity contribution in [3.8, 4) is 0 Å². The summed E-state index contributed by atoms with van der Waals surface area (Å²) in [5.74, 6) is -0.951. The lowest BCUT2D eigenvalue weighted by Crippen LogP contribution is -2.48. The summed E-state index contributed by atoms with van der Waals surface area (Å²) in [6.45, 7) is 4.56. The molecule has 1 N–H and O–H groups in total. The van der Waals surface area contributed by atoms with Crippen molar-refractivity contribution in [2.75, 3.05) is 23.7 Å². The Morgan fingerprint density at radius 3 is 2.40 bits per heavy atom. The van der Waals surface area contributed by atoms with Crippen LogP contribution in [-0.4, -0.2) is 50.5 Å². The normalized spacial score (nSPS) is 12.1. The van der Waals surface area contributed by atoms with E-state index in [9.17, 15) is 22.4 Å². The van der Waals surface area contributed by atoms with Gasteiger partial charge in [0.2, 0.25) is 21.8 Å². The van der Waals surface area contributed by atoms with Crippen molar-refractivity contribution in [1.82, 2.24) is 10.2 Å². The van der Waals surface area contributed by atoms with E-state index in [1.54, 1.807) is 6.92 Å². The van der Waals surface area contributed by atoms with Crippen molar-refractivity contribution in [2.24, 2.45) is 0 Å². The topological polar surface area (TPSA) is 86.8 Å². The number of carbonyl (C=O) groups excluding carboxylic acids is 2. The highest BCUT2D eigenvalue weighted by molar-refractivity contribution is 9.10. The molecule has 2 aromatic carbocycles. The highest BCUT2D eigenvalue weighted by Gasteiger charge is 2.26. The minimum Gasteiger partial charge on any atom is -0.354 e. The second-order valence-electron chi connectivity index (χ2n) is 8.39. The zero-order valence-electron chi connectivity index (χ0n) is 20.3. The van der Waals surface area contributed by atoms with Crippen LogP contribution in [0.4, 0.5) is 10.1 Å². The number of carbonyl (C=O) groups is 2. The van der Waals surface area contributed by atoms with Gasteiger partial charge in [-0.05, 0) is 61.7 Å². The molecule has 0 heterocycles. The number of rotatable bonds is 13. The lowest BCUT2D eigenvalue weighted by atomic mass is 10.1. The summed E-state index contributed by atoms with van der Waals surface area (Å²) in [6.07, 6.45) is 3.15. The Kier molecular flexibility index (Phi) is 11.2. The molecule has 0 unspecified atom stereocenters. The third kappa shape index (κ3) is 9.25. The van der Waals surface area contributed by atoms with Gasteiger partial charge in [0.15, 0.2) is 0 Å². The zero-order valence-corrected chi connectivity index (χ0v) is 22.7. The number of sulfonamides is 1. The maximum Gasteiger partial charge on any atom is 0.242 e. The number of nitrogens with zero attached hydrogens (tertiary/aromatic N) is 2. The van der Waals surface area contributed by atoms with Crippen molar-refractivity contribution in [3.63, 3.8) is 0 Å². The van der Waals surface area contributed by atoms with Crippen molar-refractivity contribution < 1.29 is 22.4 Å². The molecule has 0 aromatic heterocycles. The molecule has 0 bridgehead atoms. The van der Waals surface area contributed by atoms with Crippen molar-refractivity contribution in [3.05, 3.63) is 64.4 Å². The van der Waals surface area contributed by atoms with E-state index >= 15 is 0 Å². The molecule has 2 rings (SSSR count). The predicted molar refractivity (Wildman–Crippen MR) is 140 cm³/mol. The predicted octanol–water partition coefficient (Wildman–Crippen LogP) is 4.47. The van der Waals surface area contributed by atoms with Crippen molar-refractivity contribution >= 4 is 43.5 Å². The quantitative estimate of drug-likeness (QED) is 0.360. The number of unbranched alkanes of at least 4 members (excludes halogenated alkanes) is 1. The second-order valence-corrected chi connectivity index (χ2v) is 11.2. The van der Waals surface area contributed by atoms with E-state index in [1.165, 1.54) is 29.2 Å². The Bertz CT molecular complexity index is 1100. The third-order valence-corrected chi connectivity index (χ3v) is 7.19. The van der Waals surface area contributed by atoms with Crippen LogP contribution < -0.4 is 9.62 Å². The van der Waals surface area contributed by atoms with Gasteiger partial charge in [-0.2, -0.15) is 0 Å². The van der Waals surface area contributed by atoms with E-state index in [1.807, 2.05) is 31.2 Å². The van der Waals surface area contributed by atoms with Gasteiger partial charge >= 0.3 is 0 Å². The molecule has 0 spiro atoms. The number of nitrogens with one attached hydrogen (secondary N) is 1. The fraction of sp³-hybridized carbons (Fsp3) is 0.440. The molecule has 0 aliphatic rings. The van der Waals surface area contributed by atoms with Crippen LogP contribution in [-0.2, 0) is 26.2 Å². The van der Waals surface area contributed by atoms with Crippen LogP contribution in [0, 0.1) is 5.82 Å². The van der Waals surface area contributed by atoms with Gasteiger partial charge in [0.05, 0.1) is 11.9 Å². The Hall–Kier alpha value is -2.46. The monoisotopic (exact) mass is 569 g/mol. The molecule has 0 radical (unpaired) electrons. The van der Waals surface area contributed by atoms with E-state index in [0.717, 1.165) is 33.4 Å². The molecule has 0 fully saturated rings. The van der Waals surface area contributed by atoms with E-state index in [-0.39, 0.29) is 37.7 Å². The maximum atomic E-state index is 13.3. The Labute approximate surface area is 215 Å². The van der Waals surface area contributed by atoms with E-state index in [2.05, 4.69) is 21.2 Å². The van der Waals surface area contributed by atoms with Gasteiger partial charge in [0.25, 0.3) is 0 Å². The SMILES string of the molecule is CCCCNC(=O)[C@H](C)N(Cc1cccc(Br)c1)C(=O)CCCN(c1ccc(F)cc1)S(C)(=O)=O. The largest absolute Gasteiger partial charge is 0.354 e. The summed E-state index contributed by atoms with van der Waals surface area (Å²) in [5, 5.41) is 2.88. The molecule has 0 saturated heterocycles. The highest BCUT2D eigenvalue weighted by atomic mass is 79.9. The molecule has 7 nitrogen and oxygen atoms in total. The molecule has 1 atom stereocenters. The number of benzene rings is 2. The average Bonchev–Trinajstić information content (AvgIpc) is 2.80. The molecular formula is C25H33BrFN3O4S. The van der Waals surface area contributed by atoms with Crippen LogP contribution >= 0.6 is 15.9 Å². The van der Waals surface area contributed by atoms with Crippen molar-refractivity contribution in [1.29, 1.82) is 0 Å². The lowest BCUT2D eigenvalue weighted by Gasteiger charge is -2.29. The number of hydrogen-bond donors (Lipinski definition) is 1. The standard InChI is InChI=1S/C25H33BrFN3O4S/c1-4-5-15-28-25(32)19(2)29(18-20-8-6-9-21(26)17-20)24(31)10-7-16-30(35(3,33)34)23-13-11-22(27)12-14-23/h6,8-9,11-14,17,19H,4-5,7,10,15-16,18H2,1-3H3,(H,28,32)/t19-/m0/s1. The molecule has 0 aliphatic heterocycles. The van der Waals surface area contributed by atoms with Gasteiger partial charge in [-0.25, -0.2) is 12.8 Å². The average molecular weight is 571 g/mol. The van der Waals surface area contributed by atoms with Gasteiger partial charge in [0, 0.05) is 30.5 Å². The van der Waals surface area contributed by atoms with Gasteiger partial charge in [-0.1, -0.05) is 41.4 Å². The van der Waals surface area contributed by atoms with Crippen LogP contribution in [0.1, 0.15) is 45.1 Å². The Morgan fingerprint density at radius 1 is 1.11 bits per heavy atom. The van der Waals surface area contributed by atoms with Crippen LogP contribution in [0.15, 0.2) is 53.0 Å². The summed E-state index contributed by atoms with van der Waals surface area (Å²) in [6, 6.07) is 12.0. The molecule has 0 saturated carbocycles. The number of halogens is 2. The van der Waals surface area contributed by atoms with Gasteiger partial charge in [-0.15, -0.1) is 0 Å². The summed E-state index contributed by atoms with van der Waals surface area (Å²) < 4.78 is 39.9.